The minimum Gasteiger partial charge on any atom is -0.454 e. The zero-order valence-corrected chi connectivity index (χ0v) is 13.7. The summed E-state index contributed by atoms with van der Waals surface area (Å²) in [6.45, 7) is 6.50. The molecule has 0 fully saturated rings. The van der Waals surface area contributed by atoms with Crippen LogP contribution >= 0.6 is 0 Å². The lowest BCUT2D eigenvalue weighted by molar-refractivity contribution is -0.122. The van der Waals surface area contributed by atoms with Crippen molar-refractivity contribution < 1.29 is 13.9 Å². The summed E-state index contributed by atoms with van der Waals surface area (Å²) >= 11 is 0. The summed E-state index contributed by atoms with van der Waals surface area (Å²) in [5, 5.41) is 7.11. The molecule has 0 saturated carbocycles. The first kappa shape index (κ1) is 17.0. The normalized spacial score (nSPS) is 11.3. The number of ether oxygens (including phenoxy) is 1. The van der Waals surface area contributed by atoms with E-state index < -0.39 is 0 Å². The summed E-state index contributed by atoms with van der Waals surface area (Å²) in [5.74, 6) is 0.861. The number of halogens is 1. The smallest absolute Gasteiger partial charge is 0.220 e. The van der Waals surface area contributed by atoms with Crippen LogP contribution in [0.15, 0.2) is 36.7 Å². The molecule has 1 aromatic carbocycles. The monoisotopic (exact) mass is 319 g/mol. The van der Waals surface area contributed by atoms with Crippen molar-refractivity contribution in [2.24, 2.45) is 0 Å². The van der Waals surface area contributed by atoms with E-state index in [-0.39, 0.29) is 17.3 Å². The molecule has 0 unspecified atom stereocenters. The van der Waals surface area contributed by atoms with Gasteiger partial charge in [0.15, 0.2) is 5.75 Å². The molecule has 0 aliphatic carbocycles. The van der Waals surface area contributed by atoms with Crippen molar-refractivity contribution in [1.29, 1.82) is 0 Å². The van der Waals surface area contributed by atoms with Gasteiger partial charge in [-0.1, -0.05) is 0 Å². The van der Waals surface area contributed by atoms with Gasteiger partial charge in [0.25, 0.3) is 0 Å². The van der Waals surface area contributed by atoms with Gasteiger partial charge in [-0.2, -0.15) is 5.10 Å². The summed E-state index contributed by atoms with van der Waals surface area (Å²) in [7, 11) is 0. The van der Waals surface area contributed by atoms with Gasteiger partial charge >= 0.3 is 0 Å². The van der Waals surface area contributed by atoms with Crippen molar-refractivity contribution in [2.45, 2.75) is 45.7 Å². The Morgan fingerprint density at radius 1 is 1.26 bits per heavy atom. The summed E-state index contributed by atoms with van der Waals surface area (Å²) in [6, 6.07) is 5.80. The van der Waals surface area contributed by atoms with E-state index in [1.807, 2.05) is 20.8 Å². The van der Waals surface area contributed by atoms with E-state index in [4.69, 9.17) is 4.74 Å². The molecule has 1 amide bonds. The molecule has 0 spiro atoms. The predicted octanol–water partition coefficient (Wildman–Crippen LogP) is 3.51. The fraction of sp³-hybridized carbons (Fsp3) is 0.412. The maximum atomic E-state index is 12.8. The Hall–Kier alpha value is -2.37. The van der Waals surface area contributed by atoms with Crippen LogP contribution in [0, 0.1) is 5.82 Å². The third-order valence-corrected chi connectivity index (χ3v) is 2.96. The van der Waals surface area contributed by atoms with Crippen molar-refractivity contribution in [3.63, 3.8) is 0 Å². The van der Waals surface area contributed by atoms with Crippen LogP contribution in [0.4, 0.5) is 4.39 Å². The zero-order valence-electron chi connectivity index (χ0n) is 13.7. The van der Waals surface area contributed by atoms with Crippen LogP contribution in [0.3, 0.4) is 0 Å². The van der Waals surface area contributed by atoms with Crippen molar-refractivity contribution in [3.8, 4) is 11.5 Å². The molecular weight excluding hydrogens is 297 g/mol. The van der Waals surface area contributed by atoms with E-state index >= 15 is 0 Å². The van der Waals surface area contributed by atoms with Gasteiger partial charge in [-0.15, -0.1) is 0 Å². The van der Waals surface area contributed by atoms with Gasteiger partial charge in [-0.3, -0.25) is 9.48 Å². The number of rotatable bonds is 6. The average Bonchev–Trinajstić information content (AvgIpc) is 2.87. The van der Waals surface area contributed by atoms with Gasteiger partial charge in [0.2, 0.25) is 5.91 Å². The average molecular weight is 319 g/mol. The Labute approximate surface area is 135 Å². The fourth-order valence-corrected chi connectivity index (χ4v) is 2.04. The highest BCUT2D eigenvalue weighted by Gasteiger charge is 2.13. The molecule has 0 bridgehead atoms. The number of aromatic nitrogens is 2. The fourth-order valence-electron chi connectivity index (χ4n) is 2.04. The van der Waals surface area contributed by atoms with E-state index in [0.717, 1.165) is 0 Å². The van der Waals surface area contributed by atoms with Crippen LogP contribution in [-0.4, -0.2) is 21.2 Å². The molecule has 2 aromatic rings. The van der Waals surface area contributed by atoms with Crippen LogP contribution in [-0.2, 0) is 11.3 Å². The van der Waals surface area contributed by atoms with E-state index in [2.05, 4.69) is 10.4 Å². The van der Waals surface area contributed by atoms with Crippen LogP contribution in [0.5, 0.6) is 11.5 Å². The lowest BCUT2D eigenvalue weighted by Gasteiger charge is -2.20. The van der Waals surface area contributed by atoms with E-state index in [9.17, 15) is 9.18 Å². The summed E-state index contributed by atoms with van der Waals surface area (Å²) < 4.78 is 20.1. The minimum atomic E-state index is -0.304. The number of hydrogen-bond acceptors (Lipinski definition) is 3. The Bertz CT molecular complexity index is 645. The van der Waals surface area contributed by atoms with Gasteiger partial charge < -0.3 is 10.1 Å². The Morgan fingerprint density at radius 2 is 1.96 bits per heavy atom. The highest BCUT2D eigenvalue weighted by Crippen LogP contribution is 2.20. The van der Waals surface area contributed by atoms with Gasteiger partial charge in [0.1, 0.15) is 11.6 Å². The molecule has 1 N–H and O–H groups in total. The topological polar surface area (TPSA) is 56.2 Å². The molecule has 0 atom stereocenters. The molecular formula is C17H22FN3O2. The quantitative estimate of drug-likeness (QED) is 0.886. The number of carbonyl (C=O) groups is 1. The van der Waals surface area contributed by atoms with Crippen molar-refractivity contribution in [1.82, 2.24) is 15.1 Å². The van der Waals surface area contributed by atoms with Crippen LogP contribution < -0.4 is 10.1 Å². The Morgan fingerprint density at radius 3 is 2.61 bits per heavy atom. The summed E-state index contributed by atoms with van der Waals surface area (Å²) in [5.41, 5.74) is -0.209. The highest BCUT2D eigenvalue weighted by molar-refractivity contribution is 5.76. The molecule has 0 saturated heterocycles. The van der Waals surface area contributed by atoms with Crippen molar-refractivity contribution >= 4 is 5.91 Å². The second-order valence-corrected chi connectivity index (χ2v) is 6.40. The van der Waals surface area contributed by atoms with E-state index in [1.165, 1.54) is 12.1 Å². The van der Waals surface area contributed by atoms with Gasteiger partial charge in [-0.25, -0.2) is 4.39 Å². The van der Waals surface area contributed by atoms with E-state index in [1.54, 1.807) is 29.2 Å². The third-order valence-electron chi connectivity index (χ3n) is 2.96. The first-order valence-corrected chi connectivity index (χ1v) is 7.59. The number of hydrogen-bond donors (Lipinski definition) is 1. The van der Waals surface area contributed by atoms with Gasteiger partial charge in [0.05, 0.1) is 12.4 Å². The molecule has 2 rings (SSSR count). The molecule has 1 heterocycles. The summed E-state index contributed by atoms with van der Waals surface area (Å²) in [4.78, 5) is 11.7. The Kier molecular flexibility index (Phi) is 5.36. The Balaban J connectivity index is 1.78. The largest absolute Gasteiger partial charge is 0.454 e. The van der Waals surface area contributed by atoms with Crippen molar-refractivity contribution in [3.05, 3.63) is 42.5 Å². The maximum absolute atomic E-state index is 12.8. The lowest BCUT2D eigenvalue weighted by atomic mass is 10.1. The first-order chi connectivity index (χ1) is 10.8. The SMILES string of the molecule is CC(C)(C)NC(=O)CCCn1cc(Oc2ccc(F)cc2)cn1. The number of amides is 1. The number of aryl methyl sites for hydroxylation is 1. The van der Waals surface area contributed by atoms with Crippen molar-refractivity contribution in [2.75, 3.05) is 0 Å². The standard InChI is InChI=1S/C17H22FN3O2/c1-17(2,3)20-16(22)5-4-10-21-12-15(11-19-21)23-14-8-6-13(18)7-9-14/h6-9,11-12H,4-5,10H2,1-3H3,(H,20,22). The maximum Gasteiger partial charge on any atom is 0.220 e. The molecule has 23 heavy (non-hydrogen) atoms. The number of nitrogens with one attached hydrogen (secondary N) is 1. The molecule has 1 aromatic heterocycles. The predicted molar refractivity (Wildman–Crippen MR) is 85.8 cm³/mol. The molecule has 6 heteroatoms. The third kappa shape index (κ3) is 6.10. The van der Waals surface area contributed by atoms with Crippen LogP contribution in [0.25, 0.3) is 0 Å². The highest BCUT2D eigenvalue weighted by atomic mass is 19.1. The van der Waals surface area contributed by atoms with E-state index in [0.29, 0.717) is 30.9 Å². The summed E-state index contributed by atoms with van der Waals surface area (Å²) in [6.07, 6.45) is 4.49. The first-order valence-electron chi connectivity index (χ1n) is 7.59. The zero-order chi connectivity index (χ0) is 16.9. The molecule has 124 valence electrons. The number of benzene rings is 1. The lowest BCUT2D eigenvalue weighted by Crippen LogP contribution is -2.40. The molecule has 0 aliphatic heterocycles. The number of carbonyl (C=O) groups excluding carboxylic acids is 1. The van der Waals surface area contributed by atoms with Gasteiger partial charge in [0, 0.05) is 18.5 Å². The molecule has 0 radical (unpaired) electrons. The molecule has 5 nitrogen and oxygen atoms in total. The van der Waals surface area contributed by atoms with Crippen LogP contribution in [0.1, 0.15) is 33.6 Å². The van der Waals surface area contributed by atoms with Crippen LogP contribution in [0.2, 0.25) is 0 Å². The number of nitrogens with zero attached hydrogens (tertiary/aromatic N) is 2. The second kappa shape index (κ2) is 7.26. The minimum absolute atomic E-state index is 0.0347. The second-order valence-electron chi connectivity index (χ2n) is 6.40. The molecule has 0 aliphatic rings. The van der Waals surface area contributed by atoms with Gasteiger partial charge in [-0.05, 0) is 51.5 Å².